The Morgan fingerprint density at radius 1 is 1.32 bits per heavy atom. The zero-order valence-electron chi connectivity index (χ0n) is 16.3. The standard InChI is InChI=1S/C21H26N2O4S/c1-3-26-21(25)19-17(15-8-5-4-6-9-15)14-28-20(19)22-18(24)13-23(2)12-16-10-7-11-27-16/h4-6,8-9,14,16H,3,7,10-13H2,1-2H3,(H,22,24). The van der Waals surface area contributed by atoms with Crippen molar-refractivity contribution in [3.8, 4) is 11.1 Å². The Kier molecular flexibility index (Phi) is 7.19. The number of hydrogen-bond donors (Lipinski definition) is 1. The van der Waals surface area contributed by atoms with E-state index in [0.717, 1.165) is 37.1 Å². The predicted molar refractivity (Wildman–Crippen MR) is 111 cm³/mol. The average Bonchev–Trinajstić information content (AvgIpc) is 3.32. The minimum atomic E-state index is -0.425. The lowest BCUT2D eigenvalue weighted by Crippen LogP contribution is -2.35. The summed E-state index contributed by atoms with van der Waals surface area (Å²) < 4.78 is 10.9. The Morgan fingerprint density at radius 3 is 2.79 bits per heavy atom. The molecule has 150 valence electrons. The van der Waals surface area contributed by atoms with Gasteiger partial charge in [0.1, 0.15) is 10.6 Å². The highest BCUT2D eigenvalue weighted by atomic mass is 32.1. The molecule has 0 bridgehead atoms. The van der Waals surface area contributed by atoms with Crippen LogP contribution in [-0.4, -0.2) is 56.2 Å². The summed E-state index contributed by atoms with van der Waals surface area (Å²) in [6, 6.07) is 9.63. The Hall–Kier alpha value is -2.22. The summed E-state index contributed by atoms with van der Waals surface area (Å²) >= 11 is 1.34. The van der Waals surface area contributed by atoms with Crippen LogP contribution in [0.25, 0.3) is 11.1 Å². The van der Waals surface area contributed by atoms with Crippen molar-refractivity contribution in [2.75, 3.05) is 38.7 Å². The van der Waals surface area contributed by atoms with Gasteiger partial charge in [-0.15, -0.1) is 11.3 Å². The molecule has 28 heavy (non-hydrogen) atoms. The molecule has 1 saturated heterocycles. The number of benzene rings is 1. The molecule has 1 aliphatic heterocycles. The summed E-state index contributed by atoms with van der Waals surface area (Å²) in [5.41, 5.74) is 2.10. The molecular weight excluding hydrogens is 376 g/mol. The number of carbonyl (C=O) groups excluding carboxylic acids is 2. The molecule has 0 spiro atoms. The third-order valence-electron chi connectivity index (χ3n) is 4.56. The molecule has 3 rings (SSSR count). The first-order valence-electron chi connectivity index (χ1n) is 9.52. The van der Waals surface area contributed by atoms with Crippen LogP contribution in [0.5, 0.6) is 0 Å². The topological polar surface area (TPSA) is 67.9 Å². The maximum Gasteiger partial charge on any atom is 0.341 e. The molecule has 0 aliphatic carbocycles. The number of ether oxygens (including phenoxy) is 2. The molecule has 1 aliphatic rings. The van der Waals surface area contributed by atoms with E-state index in [-0.39, 0.29) is 25.2 Å². The highest BCUT2D eigenvalue weighted by Gasteiger charge is 2.24. The second-order valence-electron chi connectivity index (χ2n) is 6.82. The first kappa shape index (κ1) is 20.5. The minimum Gasteiger partial charge on any atom is -0.462 e. The van der Waals surface area contributed by atoms with Crippen LogP contribution in [0.3, 0.4) is 0 Å². The average molecular weight is 403 g/mol. The normalized spacial score (nSPS) is 16.3. The lowest BCUT2D eigenvalue weighted by atomic mass is 10.0. The number of thiophene rings is 1. The summed E-state index contributed by atoms with van der Waals surface area (Å²) in [5, 5.41) is 5.30. The van der Waals surface area contributed by atoms with E-state index in [9.17, 15) is 9.59 Å². The van der Waals surface area contributed by atoms with Crippen LogP contribution in [-0.2, 0) is 14.3 Å². The van der Waals surface area contributed by atoms with Gasteiger partial charge in [0.05, 0.1) is 19.3 Å². The smallest absolute Gasteiger partial charge is 0.341 e. The Balaban J connectivity index is 1.72. The number of rotatable bonds is 8. The zero-order valence-corrected chi connectivity index (χ0v) is 17.1. The second kappa shape index (κ2) is 9.82. The molecule has 6 nitrogen and oxygen atoms in total. The molecule has 2 heterocycles. The summed E-state index contributed by atoms with van der Waals surface area (Å²) in [6.45, 7) is 3.80. The molecule has 0 radical (unpaired) electrons. The fourth-order valence-corrected chi connectivity index (χ4v) is 4.27. The van der Waals surface area contributed by atoms with E-state index in [1.807, 2.05) is 47.7 Å². The van der Waals surface area contributed by atoms with Crippen LogP contribution in [0.15, 0.2) is 35.7 Å². The van der Waals surface area contributed by atoms with Gasteiger partial charge in [0.2, 0.25) is 5.91 Å². The summed E-state index contributed by atoms with van der Waals surface area (Å²) in [6.07, 6.45) is 2.30. The quantitative estimate of drug-likeness (QED) is 0.683. The van der Waals surface area contributed by atoms with E-state index in [4.69, 9.17) is 9.47 Å². The fraction of sp³-hybridized carbons (Fsp3) is 0.429. The second-order valence-corrected chi connectivity index (χ2v) is 7.70. The molecule has 7 heteroatoms. The van der Waals surface area contributed by atoms with Gasteiger partial charge in [-0.1, -0.05) is 30.3 Å². The van der Waals surface area contributed by atoms with Gasteiger partial charge >= 0.3 is 5.97 Å². The molecular formula is C21H26N2O4S. The van der Waals surface area contributed by atoms with Crippen molar-refractivity contribution in [3.05, 3.63) is 41.3 Å². The lowest BCUT2D eigenvalue weighted by molar-refractivity contribution is -0.117. The molecule has 1 aromatic carbocycles. The number of anilines is 1. The molecule has 1 aromatic heterocycles. The molecule has 1 N–H and O–H groups in total. The van der Waals surface area contributed by atoms with Crippen LogP contribution >= 0.6 is 11.3 Å². The van der Waals surface area contributed by atoms with Gasteiger partial charge < -0.3 is 14.8 Å². The third-order valence-corrected chi connectivity index (χ3v) is 5.46. The van der Waals surface area contributed by atoms with Crippen molar-refractivity contribution in [3.63, 3.8) is 0 Å². The lowest BCUT2D eigenvalue weighted by Gasteiger charge is -2.19. The summed E-state index contributed by atoms with van der Waals surface area (Å²) in [5.74, 6) is -0.585. The largest absolute Gasteiger partial charge is 0.462 e. The van der Waals surface area contributed by atoms with Crippen molar-refractivity contribution in [2.45, 2.75) is 25.9 Å². The van der Waals surface area contributed by atoms with Crippen molar-refractivity contribution < 1.29 is 19.1 Å². The fourth-order valence-electron chi connectivity index (χ4n) is 3.30. The molecule has 2 aromatic rings. The van der Waals surface area contributed by atoms with E-state index in [1.165, 1.54) is 11.3 Å². The first-order valence-corrected chi connectivity index (χ1v) is 10.4. The van der Waals surface area contributed by atoms with Gasteiger partial charge in [-0.3, -0.25) is 9.69 Å². The van der Waals surface area contributed by atoms with Crippen molar-refractivity contribution >= 4 is 28.2 Å². The minimum absolute atomic E-state index is 0.160. The van der Waals surface area contributed by atoms with E-state index < -0.39 is 5.97 Å². The van der Waals surface area contributed by atoms with Crippen molar-refractivity contribution in [2.24, 2.45) is 0 Å². The number of esters is 1. The van der Waals surface area contributed by atoms with Gasteiger partial charge in [-0.2, -0.15) is 0 Å². The maximum absolute atomic E-state index is 12.6. The van der Waals surface area contributed by atoms with Crippen LogP contribution in [0.2, 0.25) is 0 Å². The van der Waals surface area contributed by atoms with Gasteiger partial charge in [-0.05, 0) is 32.4 Å². The Labute approximate surface area is 169 Å². The van der Waals surface area contributed by atoms with E-state index in [1.54, 1.807) is 6.92 Å². The van der Waals surface area contributed by atoms with E-state index in [2.05, 4.69) is 5.32 Å². The Bertz CT molecular complexity index is 800. The van der Waals surface area contributed by atoms with E-state index >= 15 is 0 Å². The number of amides is 1. The first-order chi connectivity index (χ1) is 13.6. The Morgan fingerprint density at radius 2 is 2.11 bits per heavy atom. The van der Waals surface area contributed by atoms with Crippen LogP contribution in [0.1, 0.15) is 30.1 Å². The number of hydrogen-bond acceptors (Lipinski definition) is 6. The van der Waals surface area contributed by atoms with Crippen LogP contribution in [0, 0.1) is 0 Å². The zero-order chi connectivity index (χ0) is 19.9. The predicted octanol–water partition coefficient (Wildman–Crippen LogP) is 3.64. The van der Waals surface area contributed by atoms with E-state index in [0.29, 0.717) is 10.6 Å². The number of nitrogens with one attached hydrogen (secondary N) is 1. The monoisotopic (exact) mass is 402 g/mol. The number of carbonyl (C=O) groups is 2. The van der Waals surface area contributed by atoms with Crippen LogP contribution < -0.4 is 5.32 Å². The van der Waals surface area contributed by atoms with Crippen LogP contribution in [0.4, 0.5) is 5.00 Å². The molecule has 1 fully saturated rings. The molecule has 1 atom stereocenters. The van der Waals surface area contributed by atoms with Gasteiger partial charge in [0.25, 0.3) is 0 Å². The number of nitrogens with zero attached hydrogens (tertiary/aromatic N) is 1. The third kappa shape index (κ3) is 5.19. The molecule has 0 saturated carbocycles. The molecule has 1 amide bonds. The van der Waals surface area contributed by atoms with Crippen molar-refractivity contribution in [1.82, 2.24) is 4.90 Å². The van der Waals surface area contributed by atoms with Gasteiger partial charge in [-0.25, -0.2) is 4.79 Å². The highest BCUT2D eigenvalue weighted by Crippen LogP contribution is 2.36. The van der Waals surface area contributed by atoms with Gasteiger partial charge in [0, 0.05) is 24.1 Å². The SMILES string of the molecule is CCOC(=O)c1c(-c2ccccc2)csc1NC(=O)CN(C)CC1CCCO1. The summed E-state index contributed by atoms with van der Waals surface area (Å²) in [4.78, 5) is 27.0. The number of likely N-dealkylation sites (N-methyl/N-ethyl adjacent to an activating group) is 1. The summed E-state index contributed by atoms with van der Waals surface area (Å²) in [7, 11) is 1.90. The molecule has 1 unspecified atom stereocenters. The maximum atomic E-state index is 12.6. The van der Waals surface area contributed by atoms with Crippen molar-refractivity contribution in [1.29, 1.82) is 0 Å². The highest BCUT2D eigenvalue weighted by molar-refractivity contribution is 7.15. The van der Waals surface area contributed by atoms with Gasteiger partial charge in [0.15, 0.2) is 0 Å².